The van der Waals surface area contributed by atoms with E-state index in [1.165, 1.54) is 27.6 Å². The summed E-state index contributed by atoms with van der Waals surface area (Å²) < 4.78 is 2.22. The summed E-state index contributed by atoms with van der Waals surface area (Å²) in [6.07, 6.45) is 3.25. The predicted molar refractivity (Wildman–Crippen MR) is 86.3 cm³/mol. The largest absolute Gasteiger partial charge is 0.350 e. The Balaban J connectivity index is 1.93. The highest BCUT2D eigenvalue weighted by Crippen LogP contribution is 2.23. The summed E-state index contributed by atoms with van der Waals surface area (Å²) >= 11 is 0. The van der Waals surface area contributed by atoms with Crippen molar-refractivity contribution < 1.29 is 0 Å². The Hall–Kier alpha value is -2.02. The lowest BCUT2D eigenvalue weighted by molar-refractivity contribution is 0.865. The number of aryl methyl sites for hydroxylation is 1. The second-order valence-electron chi connectivity index (χ2n) is 5.86. The second-order valence-corrected chi connectivity index (χ2v) is 5.86. The van der Waals surface area contributed by atoms with Crippen LogP contribution in [0.1, 0.15) is 36.5 Å². The van der Waals surface area contributed by atoms with Gasteiger partial charge in [0.1, 0.15) is 0 Å². The molecule has 1 heteroatoms. The Kier molecular flexibility index (Phi) is 3.35. The Morgan fingerprint density at radius 2 is 1.65 bits per heavy atom. The van der Waals surface area contributed by atoms with Crippen molar-refractivity contribution in [1.29, 1.82) is 0 Å². The van der Waals surface area contributed by atoms with E-state index in [-0.39, 0.29) is 0 Å². The molecule has 0 bridgehead atoms. The van der Waals surface area contributed by atoms with Gasteiger partial charge in [-0.15, -0.1) is 0 Å². The molecule has 0 amide bonds. The molecule has 0 aliphatic carbocycles. The monoisotopic (exact) mass is 263 g/mol. The first-order valence-corrected chi connectivity index (χ1v) is 7.27. The normalized spacial score (nSPS) is 11.4. The Bertz CT molecular complexity index is 717. The molecule has 3 rings (SSSR count). The molecule has 2 aromatic carbocycles. The zero-order valence-electron chi connectivity index (χ0n) is 12.4. The van der Waals surface area contributed by atoms with Gasteiger partial charge in [0.15, 0.2) is 0 Å². The van der Waals surface area contributed by atoms with E-state index < -0.39 is 0 Å². The van der Waals surface area contributed by atoms with Gasteiger partial charge in [-0.25, -0.2) is 0 Å². The SMILES string of the molecule is CC(C)c1ccc(Cc2cn(C)c3ccccc23)cc1. The summed E-state index contributed by atoms with van der Waals surface area (Å²) in [6, 6.07) is 17.6. The van der Waals surface area contributed by atoms with Gasteiger partial charge in [-0.1, -0.05) is 56.3 Å². The highest BCUT2D eigenvalue weighted by molar-refractivity contribution is 5.84. The van der Waals surface area contributed by atoms with Crippen LogP contribution in [0.2, 0.25) is 0 Å². The van der Waals surface area contributed by atoms with Crippen LogP contribution in [-0.2, 0) is 13.5 Å². The maximum Gasteiger partial charge on any atom is 0.0480 e. The first-order valence-electron chi connectivity index (χ1n) is 7.27. The molecule has 1 heterocycles. The van der Waals surface area contributed by atoms with Crippen molar-refractivity contribution >= 4 is 10.9 Å². The Morgan fingerprint density at radius 3 is 2.35 bits per heavy atom. The fourth-order valence-electron chi connectivity index (χ4n) is 2.81. The lowest BCUT2D eigenvalue weighted by Gasteiger charge is -2.06. The third-order valence-corrected chi connectivity index (χ3v) is 4.02. The number of rotatable bonds is 3. The van der Waals surface area contributed by atoms with Gasteiger partial charge in [-0.2, -0.15) is 0 Å². The van der Waals surface area contributed by atoms with Gasteiger partial charge in [-0.3, -0.25) is 0 Å². The molecule has 3 aromatic rings. The Morgan fingerprint density at radius 1 is 0.950 bits per heavy atom. The van der Waals surface area contributed by atoms with Crippen molar-refractivity contribution in [3.8, 4) is 0 Å². The van der Waals surface area contributed by atoms with E-state index in [1.54, 1.807) is 0 Å². The van der Waals surface area contributed by atoms with E-state index >= 15 is 0 Å². The maximum absolute atomic E-state index is 2.26. The molecule has 1 nitrogen and oxygen atoms in total. The van der Waals surface area contributed by atoms with Crippen molar-refractivity contribution in [3.05, 3.63) is 71.4 Å². The summed E-state index contributed by atoms with van der Waals surface area (Å²) in [7, 11) is 2.12. The number of benzene rings is 2. The van der Waals surface area contributed by atoms with E-state index in [4.69, 9.17) is 0 Å². The molecule has 1 aromatic heterocycles. The minimum absolute atomic E-state index is 0.599. The van der Waals surface area contributed by atoms with Gasteiger partial charge < -0.3 is 4.57 Å². The summed E-state index contributed by atoms with van der Waals surface area (Å²) in [5.74, 6) is 0.599. The van der Waals surface area contributed by atoms with Crippen LogP contribution in [-0.4, -0.2) is 4.57 Å². The van der Waals surface area contributed by atoms with Gasteiger partial charge in [0.2, 0.25) is 0 Å². The summed E-state index contributed by atoms with van der Waals surface area (Å²) in [5, 5.41) is 1.36. The van der Waals surface area contributed by atoms with Crippen molar-refractivity contribution in [2.75, 3.05) is 0 Å². The van der Waals surface area contributed by atoms with Crippen LogP contribution in [0.5, 0.6) is 0 Å². The van der Waals surface area contributed by atoms with Gasteiger partial charge in [-0.05, 0) is 35.1 Å². The van der Waals surface area contributed by atoms with Crippen LogP contribution in [0.4, 0.5) is 0 Å². The van der Waals surface area contributed by atoms with Gasteiger partial charge in [0.25, 0.3) is 0 Å². The lowest BCUT2D eigenvalue weighted by atomic mass is 9.99. The quantitative estimate of drug-likeness (QED) is 0.634. The summed E-state index contributed by atoms with van der Waals surface area (Å²) in [5.41, 5.74) is 5.50. The first kappa shape index (κ1) is 13.0. The molecular weight excluding hydrogens is 242 g/mol. The van der Waals surface area contributed by atoms with E-state index in [1.807, 2.05) is 0 Å². The van der Waals surface area contributed by atoms with Crippen LogP contribution in [0.3, 0.4) is 0 Å². The molecule has 0 saturated heterocycles. The fraction of sp³-hybridized carbons (Fsp3) is 0.263. The van der Waals surface area contributed by atoms with Crippen molar-refractivity contribution in [1.82, 2.24) is 4.57 Å². The topological polar surface area (TPSA) is 4.93 Å². The molecule has 0 radical (unpaired) electrons. The lowest BCUT2D eigenvalue weighted by Crippen LogP contribution is -1.90. The number of aromatic nitrogens is 1. The van der Waals surface area contributed by atoms with Crippen LogP contribution < -0.4 is 0 Å². The third-order valence-electron chi connectivity index (χ3n) is 4.02. The van der Waals surface area contributed by atoms with Gasteiger partial charge in [0.05, 0.1) is 0 Å². The number of hydrogen-bond acceptors (Lipinski definition) is 0. The predicted octanol–water partition coefficient (Wildman–Crippen LogP) is 4.89. The fourth-order valence-corrected chi connectivity index (χ4v) is 2.81. The number of para-hydroxylation sites is 1. The highest BCUT2D eigenvalue weighted by atomic mass is 14.9. The second kappa shape index (κ2) is 5.16. The van der Waals surface area contributed by atoms with Gasteiger partial charge in [0, 0.05) is 24.1 Å². The minimum Gasteiger partial charge on any atom is -0.350 e. The maximum atomic E-state index is 2.26. The molecule has 0 atom stereocenters. The molecule has 102 valence electrons. The number of hydrogen-bond donors (Lipinski definition) is 0. The molecule has 0 spiro atoms. The smallest absolute Gasteiger partial charge is 0.0480 e. The van der Waals surface area contributed by atoms with Crippen molar-refractivity contribution in [2.45, 2.75) is 26.2 Å². The molecule has 20 heavy (non-hydrogen) atoms. The summed E-state index contributed by atoms with van der Waals surface area (Å²) in [4.78, 5) is 0. The standard InChI is InChI=1S/C19H21N/c1-14(2)16-10-8-15(9-11-16)12-17-13-20(3)19-7-5-4-6-18(17)19/h4-11,13-14H,12H2,1-3H3. The summed E-state index contributed by atoms with van der Waals surface area (Å²) in [6.45, 7) is 4.47. The van der Waals surface area contributed by atoms with E-state index in [9.17, 15) is 0 Å². The molecular formula is C19H21N. The van der Waals surface area contributed by atoms with Crippen molar-refractivity contribution in [2.24, 2.45) is 7.05 Å². The third kappa shape index (κ3) is 2.36. The zero-order chi connectivity index (χ0) is 14.1. The van der Waals surface area contributed by atoms with Crippen LogP contribution in [0.25, 0.3) is 10.9 Å². The highest BCUT2D eigenvalue weighted by Gasteiger charge is 2.07. The average Bonchev–Trinajstić information content (AvgIpc) is 2.77. The zero-order valence-corrected chi connectivity index (χ0v) is 12.4. The molecule has 0 aliphatic heterocycles. The van der Waals surface area contributed by atoms with Crippen LogP contribution in [0.15, 0.2) is 54.7 Å². The van der Waals surface area contributed by atoms with E-state index in [0.717, 1.165) is 6.42 Å². The van der Waals surface area contributed by atoms with Crippen LogP contribution in [0, 0.1) is 0 Å². The first-order chi connectivity index (χ1) is 9.65. The van der Waals surface area contributed by atoms with E-state index in [2.05, 4.69) is 80.2 Å². The van der Waals surface area contributed by atoms with Gasteiger partial charge >= 0.3 is 0 Å². The molecule has 0 aliphatic rings. The average molecular weight is 263 g/mol. The van der Waals surface area contributed by atoms with Crippen LogP contribution >= 0.6 is 0 Å². The molecule has 0 N–H and O–H groups in total. The Labute approximate surface area is 120 Å². The van der Waals surface area contributed by atoms with E-state index in [0.29, 0.717) is 5.92 Å². The van der Waals surface area contributed by atoms with Crippen molar-refractivity contribution in [3.63, 3.8) is 0 Å². The molecule has 0 fully saturated rings. The molecule has 0 saturated carbocycles. The number of fused-ring (bicyclic) bond motifs is 1. The molecule has 0 unspecified atom stereocenters. The number of nitrogens with zero attached hydrogens (tertiary/aromatic N) is 1. The minimum atomic E-state index is 0.599.